The normalized spacial score (nSPS) is 15.8. The van der Waals surface area contributed by atoms with Crippen LogP contribution in [-0.2, 0) is 13.0 Å². The lowest BCUT2D eigenvalue weighted by molar-refractivity contribution is 0.0939. The SMILES string of the molecule is CC(Cc1c(F)cccc1F)NC(=O)c1cccc(CN2CCCC2)c1. The fraction of sp³-hybridized carbons (Fsp3) is 0.381. The van der Waals surface area contributed by atoms with E-state index in [0.29, 0.717) is 5.56 Å². The van der Waals surface area contributed by atoms with Crippen molar-refractivity contribution in [2.45, 2.75) is 38.8 Å². The lowest BCUT2D eigenvalue weighted by Crippen LogP contribution is -2.34. The summed E-state index contributed by atoms with van der Waals surface area (Å²) in [6.45, 7) is 4.79. The molecule has 1 N–H and O–H groups in total. The number of rotatable bonds is 6. The zero-order valence-electron chi connectivity index (χ0n) is 15.0. The van der Waals surface area contributed by atoms with Crippen LogP contribution in [0.15, 0.2) is 42.5 Å². The van der Waals surface area contributed by atoms with Gasteiger partial charge in [-0.3, -0.25) is 9.69 Å². The Hall–Kier alpha value is -2.27. The summed E-state index contributed by atoms with van der Waals surface area (Å²) in [4.78, 5) is 14.9. The minimum Gasteiger partial charge on any atom is -0.349 e. The van der Waals surface area contributed by atoms with Crippen LogP contribution < -0.4 is 5.32 Å². The largest absolute Gasteiger partial charge is 0.349 e. The zero-order valence-corrected chi connectivity index (χ0v) is 15.0. The highest BCUT2D eigenvalue weighted by molar-refractivity contribution is 5.94. The Morgan fingerprint density at radius 3 is 2.46 bits per heavy atom. The summed E-state index contributed by atoms with van der Waals surface area (Å²) in [6.07, 6.45) is 2.56. The first-order valence-corrected chi connectivity index (χ1v) is 9.08. The van der Waals surface area contributed by atoms with Crippen LogP contribution in [-0.4, -0.2) is 29.9 Å². The van der Waals surface area contributed by atoms with Gasteiger partial charge in [-0.25, -0.2) is 8.78 Å². The van der Waals surface area contributed by atoms with Crippen LogP contribution in [0, 0.1) is 11.6 Å². The second kappa shape index (κ2) is 8.41. The topological polar surface area (TPSA) is 32.3 Å². The number of likely N-dealkylation sites (tertiary alicyclic amines) is 1. The average molecular weight is 358 g/mol. The summed E-state index contributed by atoms with van der Waals surface area (Å²) in [5, 5.41) is 2.83. The van der Waals surface area contributed by atoms with Crippen LogP contribution in [0.2, 0.25) is 0 Å². The number of benzene rings is 2. The maximum atomic E-state index is 13.8. The van der Waals surface area contributed by atoms with Gasteiger partial charge < -0.3 is 5.32 Å². The second-order valence-corrected chi connectivity index (χ2v) is 6.96. The summed E-state index contributed by atoms with van der Waals surface area (Å²) in [7, 11) is 0. The Balaban J connectivity index is 1.62. The molecule has 26 heavy (non-hydrogen) atoms. The third kappa shape index (κ3) is 4.67. The fourth-order valence-electron chi connectivity index (χ4n) is 3.40. The van der Waals surface area contributed by atoms with E-state index >= 15 is 0 Å². The second-order valence-electron chi connectivity index (χ2n) is 6.96. The Morgan fingerprint density at radius 1 is 1.12 bits per heavy atom. The minimum atomic E-state index is -0.585. The Labute approximate surface area is 153 Å². The fourth-order valence-corrected chi connectivity index (χ4v) is 3.40. The molecule has 1 saturated heterocycles. The molecule has 2 aromatic carbocycles. The molecule has 0 bridgehead atoms. The number of amides is 1. The first kappa shape index (κ1) is 18.5. The molecule has 5 heteroatoms. The molecule has 138 valence electrons. The standard InChI is InChI=1S/C21H24F2N2O/c1-15(12-18-19(22)8-5-9-20(18)23)24-21(26)17-7-4-6-16(13-17)14-25-10-2-3-11-25/h4-9,13,15H,2-3,10-12,14H2,1H3,(H,24,26). The number of nitrogens with zero attached hydrogens (tertiary/aromatic N) is 1. The molecule has 1 amide bonds. The molecular weight excluding hydrogens is 334 g/mol. The van der Waals surface area contributed by atoms with Crippen molar-refractivity contribution in [1.82, 2.24) is 10.2 Å². The van der Waals surface area contributed by atoms with Gasteiger partial charge in [0.05, 0.1) is 0 Å². The summed E-state index contributed by atoms with van der Waals surface area (Å²) in [5.74, 6) is -1.39. The quantitative estimate of drug-likeness (QED) is 0.849. The molecule has 0 saturated carbocycles. The van der Waals surface area contributed by atoms with Gasteiger partial charge in [0, 0.05) is 23.7 Å². The van der Waals surface area contributed by atoms with Crippen LogP contribution in [0.4, 0.5) is 8.78 Å². The average Bonchev–Trinajstić information content (AvgIpc) is 3.11. The number of halogens is 2. The van der Waals surface area contributed by atoms with Crippen molar-refractivity contribution in [2.75, 3.05) is 13.1 Å². The Bertz CT molecular complexity index is 752. The molecule has 0 aliphatic carbocycles. The number of hydrogen-bond donors (Lipinski definition) is 1. The van der Waals surface area contributed by atoms with Crippen molar-refractivity contribution < 1.29 is 13.6 Å². The van der Waals surface area contributed by atoms with Crippen LogP contribution in [0.25, 0.3) is 0 Å². The van der Waals surface area contributed by atoms with Crippen molar-refractivity contribution in [2.24, 2.45) is 0 Å². The van der Waals surface area contributed by atoms with Gasteiger partial charge in [0.2, 0.25) is 0 Å². The van der Waals surface area contributed by atoms with E-state index in [-0.39, 0.29) is 23.9 Å². The van der Waals surface area contributed by atoms with Gasteiger partial charge in [-0.15, -0.1) is 0 Å². The predicted octanol–water partition coefficient (Wildman–Crippen LogP) is 3.92. The lowest BCUT2D eigenvalue weighted by Gasteiger charge is -2.17. The Morgan fingerprint density at radius 2 is 1.77 bits per heavy atom. The molecule has 1 unspecified atom stereocenters. The van der Waals surface area contributed by atoms with E-state index in [2.05, 4.69) is 10.2 Å². The molecule has 1 heterocycles. The summed E-state index contributed by atoms with van der Waals surface area (Å²) in [6, 6.07) is 11.0. The molecule has 0 radical (unpaired) electrons. The monoisotopic (exact) mass is 358 g/mol. The van der Waals surface area contributed by atoms with Crippen molar-refractivity contribution in [1.29, 1.82) is 0 Å². The summed E-state index contributed by atoms with van der Waals surface area (Å²) < 4.78 is 27.5. The van der Waals surface area contributed by atoms with Crippen LogP contribution in [0.5, 0.6) is 0 Å². The number of carbonyl (C=O) groups is 1. The molecule has 1 aliphatic heterocycles. The third-order valence-corrected chi connectivity index (χ3v) is 4.74. The molecule has 1 aliphatic rings. The predicted molar refractivity (Wildman–Crippen MR) is 97.9 cm³/mol. The van der Waals surface area contributed by atoms with E-state index in [4.69, 9.17) is 0 Å². The lowest BCUT2D eigenvalue weighted by atomic mass is 10.0. The van der Waals surface area contributed by atoms with Crippen molar-refractivity contribution in [3.05, 3.63) is 70.8 Å². The molecule has 0 spiro atoms. The molecular formula is C21H24F2N2O. The van der Waals surface area contributed by atoms with Gasteiger partial charge in [0.15, 0.2) is 0 Å². The number of hydrogen-bond acceptors (Lipinski definition) is 2. The van der Waals surface area contributed by atoms with Gasteiger partial charge in [-0.2, -0.15) is 0 Å². The smallest absolute Gasteiger partial charge is 0.251 e. The maximum absolute atomic E-state index is 13.8. The Kier molecular flexibility index (Phi) is 5.99. The van der Waals surface area contributed by atoms with E-state index in [1.807, 2.05) is 18.2 Å². The number of carbonyl (C=O) groups excluding carboxylic acids is 1. The van der Waals surface area contributed by atoms with E-state index < -0.39 is 11.6 Å². The van der Waals surface area contributed by atoms with E-state index in [1.54, 1.807) is 13.0 Å². The van der Waals surface area contributed by atoms with E-state index in [1.165, 1.54) is 31.0 Å². The molecule has 1 atom stereocenters. The van der Waals surface area contributed by atoms with Crippen molar-refractivity contribution >= 4 is 5.91 Å². The first-order chi connectivity index (χ1) is 12.5. The van der Waals surface area contributed by atoms with Crippen LogP contribution in [0.1, 0.15) is 41.3 Å². The van der Waals surface area contributed by atoms with E-state index in [0.717, 1.165) is 25.2 Å². The van der Waals surface area contributed by atoms with Crippen LogP contribution >= 0.6 is 0 Å². The molecule has 0 aromatic heterocycles. The van der Waals surface area contributed by atoms with Gasteiger partial charge in [-0.05, 0) is 69.1 Å². The third-order valence-electron chi connectivity index (χ3n) is 4.74. The van der Waals surface area contributed by atoms with Gasteiger partial charge in [-0.1, -0.05) is 18.2 Å². The maximum Gasteiger partial charge on any atom is 0.251 e. The highest BCUT2D eigenvalue weighted by Crippen LogP contribution is 2.16. The molecule has 2 aromatic rings. The molecule has 3 rings (SSSR count). The molecule has 3 nitrogen and oxygen atoms in total. The highest BCUT2D eigenvalue weighted by atomic mass is 19.1. The zero-order chi connectivity index (χ0) is 18.5. The minimum absolute atomic E-state index is 0.00286. The van der Waals surface area contributed by atoms with Gasteiger partial charge >= 0.3 is 0 Å². The summed E-state index contributed by atoms with van der Waals surface area (Å²) in [5.41, 5.74) is 1.68. The van der Waals surface area contributed by atoms with Gasteiger partial charge in [0.1, 0.15) is 11.6 Å². The first-order valence-electron chi connectivity index (χ1n) is 9.08. The van der Waals surface area contributed by atoms with Gasteiger partial charge in [0.25, 0.3) is 5.91 Å². The molecule has 1 fully saturated rings. The highest BCUT2D eigenvalue weighted by Gasteiger charge is 2.16. The van der Waals surface area contributed by atoms with E-state index in [9.17, 15) is 13.6 Å². The van der Waals surface area contributed by atoms with Crippen molar-refractivity contribution in [3.63, 3.8) is 0 Å². The summed E-state index contributed by atoms with van der Waals surface area (Å²) >= 11 is 0. The van der Waals surface area contributed by atoms with Crippen molar-refractivity contribution in [3.8, 4) is 0 Å². The van der Waals surface area contributed by atoms with Crippen LogP contribution in [0.3, 0.4) is 0 Å². The number of nitrogens with one attached hydrogen (secondary N) is 1.